The highest BCUT2D eigenvalue weighted by molar-refractivity contribution is 7.90. The Morgan fingerprint density at radius 2 is 1.09 bits per heavy atom. The van der Waals surface area contributed by atoms with Crippen molar-refractivity contribution in [1.82, 2.24) is 5.32 Å². The van der Waals surface area contributed by atoms with E-state index < -0.39 is 9.84 Å². The molecule has 8 nitrogen and oxygen atoms in total. The monoisotopic (exact) mass is 793 g/mol. The molecule has 0 heterocycles. The quantitative estimate of drug-likeness (QED) is 0.0889. The number of sulfone groups is 1. The molecule has 0 radical (unpaired) electrons. The minimum atomic E-state index is -3.20. The van der Waals surface area contributed by atoms with Crippen LogP contribution in [0.4, 0.5) is 0 Å². The van der Waals surface area contributed by atoms with Gasteiger partial charge in [0.05, 0.1) is 33.3 Å². The van der Waals surface area contributed by atoms with Crippen LogP contribution < -0.4 is 24.3 Å². The van der Waals surface area contributed by atoms with Gasteiger partial charge in [0.25, 0.3) is 0 Å². The van der Waals surface area contributed by atoms with E-state index in [4.69, 9.17) is 18.9 Å². The van der Waals surface area contributed by atoms with Gasteiger partial charge < -0.3 is 24.3 Å². The molecule has 1 amide bonds. The fourth-order valence-corrected chi connectivity index (χ4v) is 7.57. The van der Waals surface area contributed by atoms with E-state index in [9.17, 15) is 13.2 Å². The van der Waals surface area contributed by atoms with E-state index in [1.807, 2.05) is 13.0 Å². The van der Waals surface area contributed by atoms with Gasteiger partial charge in [0.2, 0.25) is 5.91 Å². The van der Waals surface area contributed by atoms with Crippen LogP contribution in [0.2, 0.25) is 0 Å². The van der Waals surface area contributed by atoms with Gasteiger partial charge in [0.1, 0.15) is 0 Å². The van der Waals surface area contributed by atoms with Crippen molar-refractivity contribution in [2.75, 3.05) is 34.7 Å². The number of hydrogen-bond donors (Lipinski definition) is 1. The second-order valence-electron chi connectivity index (χ2n) is 14.4. The van der Waals surface area contributed by atoms with Crippen LogP contribution in [0.25, 0.3) is 0 Å². The second-order valence-corrected chi connectivity index (χ2v) is 16.4. The maximum absolute atomic E-state index is 13.7. The van der Waals surface area contributed by atoms with E-state index in [0.29, 0.717) is 29.4 Å². The van der Waals surface area contributed by atoms with Gasteiger partial charge in [-0.05, 0) is 97.0 Å². The predicted octanol–water partition coefficient (Wildman–Crippen LogP) is 9.67. The highest BCUT2D eigenvalue weighted by Gasteiger charge is 2.23. The summed E-state index contributed by atoms with van der Waals surface area (Å²) in [6.45, 7) is 4.24. The first-order valence-corrected chi connectivity index (χ1v) is 21.5. The summed E-state index contributed by atoms with van der Waals surface area (Å²) in [7, 11) is 3.09. The Kier molecular flexibility index (Phi) is 17.5. The van der Waals surface area contributed by atoms with Crippen LogP contribution in [0.3, 0.4) is 0 Å². The van der Waals surface area contributed by atoms with Crippen LogP contribution in [0.5, 0.6) is 23.0 Å². The Balaban J connectivity index is 0.000000433. The molecule has 0 bridgehead atoms. The summed E-state index contributed by atoms with van der Waals surface area (Å²) in [4.78, 5) is 13.9. The molecule has 57 heavy (non-hydrogen) atoms. The molecule has 5 rings (SSSR count). The Morgan fingerprint density at radius 3 is 1.58 bits per heavy atom. The fraction of sp³-hybridized carbons (Fsp3) is 0.354. The fourth-order valence-electron chi connectivity index (χ4n) is 6.93. The van der Waals surface area contributed by atoms with Gasteiger partial charge in [-0.1, -0.05) is 105 Å². The van der Waals surface area contributed by atoms with Gasteiger partial charge in [-0.15, -0.1) is 0 Å². The van der Waals surface area contributed by atoms with Crippen LogP contribution in [0.1, 0.15) is 73.3 Å². The number of hydrogen-bond acceptors (Lipinski definition) is 7. The molecule has 5 aromatic rings. The molecule has 1 N–H and O–H groups in total. The molecule has 0 spiro atoms. The van der Waals surface area contributed by atoms with Crippen LogP contribution in [-0.2, 0) is 33.9 Å². The lowest BCUT2D eigenvalue weighted by Crippen LogP contribution is -2.39. The van der Waals surface area contributed by atoms with Crippen molar-refractivity contribution in [3.63, 3.8) is 0 Å². The van der Waals surface area contributed by atoms with Crippen molar-refractivity contribution in [3.8, 4) is 23.0 Å². The Bertz CT molecular complexity index is 2030. The second kappa shape index (κ2) is 22.5. The number of benzene rings is 5. The summed E-state index contributed by atoms with van der Waals surface area (Å²) in [5.74, 6) is 2.39. The van der Waals surface area contributed by atoms with Crippen LogP contribution >= 0.6 is 0 Å². The molecule has 0 aromatic heterocycles. The van der Waals surface area contributed by atoms with Crippen molar-refractivity contribution in [1.29, 1.82) is 0 Å². The Labute approximate surface area is 340 Å². The molecule has 0 aliphatic carbocycles. The van der Waals surface area contributed by atoms with Crippen molar-refractivity contribution < 1.29 is 32.2 Å². The number of rotatable bonds is 19. The number of carbonyl (C=O) groups is 1. The van der Waals surface area contributed by atoms with Crippen LogP contribution in [-0.4, -0.2) is 55.1 Å². The SMILES string of the molecule is COc1cc(CC(C)C(=O)NC(CCCc2ccccc2)CCCc2ccccc2)c([C@H](C)c2ccccc2)cc1OC.COc1ccc(S(C)(=O)=O)cc1OC. The Hall–Kier alpha value is -5.28. The van der Waals surface area contributed by atoms with E-state index >= 15 is 0 Å². The van der Waals surface area contributed by atoms with Gasteiger partial charge in [0, 0.05) is 30.2 Å². The van der Waals surface area contributed by atoms with E-state index in [2.05, 4.69) is 109 Å². The molecule has 0 fully saturated rings. The molecule has 5 aromatic carbocycles. The zero-order valence-corrected chi connectivity index (χ0v) is 35.3. The lowest BCUT2D eigenvalue weighted by molar-refractivity contribution is -0.125. The number of nitrogens with one attached hydrogen (secondary N) is 1. The summed E-state index contributed by atoms with van der Waals surface area (Å²) in [5.41, 5.74) is 6.19. The van der Waals surface area contributed by atoms with E-state index in [1.54, 1.807) is 20.3 Å². The highest BCUT2D eigenvalue weighted by atomic mass is 32.2. The molecule has 0 saturated carbocycles. The normalized spacial score (nSPS) is 12.1. The molecular weight excluding hydrogens is 735 g/mol. The molecule has 304 valence electrons. The lowest BCUT2D eigenvalue weighted by Gasteiger charge is -2.24. The number of methoxy groups -OCH3 is 4. The molecule has 2 atom stereocenters. The average molecular weight is 794 g/mol. The number of amides is 1. The Morgan fingerprint density at radius 1 is 0.614 bits per heavy atom. The molecule has 0 aliphatic heterocycles. The van der Waals surface area contributed by atoms with Crippen molar-refractivity contribution in [2.45, 2.75) is 75.6 Å². The first-order chi connectivity index (χ1) is 27.5. The summed E-state index contributed by atoms with van der Waals surface area (Å²) in [5, 5.41) is 3.45. The van der Waals surface area contributed by atoms with Crippen LogP contribution in [0, 0.1) is 5.92 Å². The number of carbonyl (C=O) groups excluding carboxylic acids is 1. The number of aryl methyl sites for hydroxylation is 2. The summed E-state index contributed by atoms with van der Waals surface area (Å²) in [6.07, 6.45) is 7.84. The zero-order valence-electron chi connectivity index (χ0n) is 34.5. The topological polar surface area (TPSA) is 100 Å². The molecule has 0 aliphatic rings. The predicted molar refractivity (Wildman–Crippen MR) is 230 cm³/mol. The minimum absolute atomic E-state index is 0.109. The van der Waals surface area contributed by atoms with Gasteiger partial charge in [-0.3, -0.25) is 4.79 Å². The van der Waals surface area contributed by atoms with E-state index in [0.717, 1.165) is 55.9 Å². The third kappa shape index (κ3) is 13.7. The first kappa shape index (κ1) is 44.4. The average Bonchev–Trinajstić information content (AvgIpc) is 3.23. The molecular formula is C48H59NO7S. The van der Waals surface area contributed by atoms with Gasteiger partial charge in [-0.25, -0.2) is 8.42 Å². The minimum Gasteiger partial charge on any atom is -0.493 e. The van der Waals surface area contributed by atoms with Crippen molar-refractivity contribution >= 4 is 15.7 Å². The summed E-state index contributed by atoms with van der Waals surface area (Å²) >= 11 is 0. The van der Waals surface area contributed by atoms with E-state index in [-0.39, 0.29) is 28.7 Å². The third-order valence-electron chi connectivity index (χ3n) is 10.2. The smallest absolute Gasteiger partial charge is 0.223 e. The van der Waals surface area contributed by atoms with Crippen molar-refractivity contribution in [3.05, 3.63) is 149 Å². The highest BCUT2D eigenvalue weighted by Crippen LogP contribution is 2.37. The zero-order chi connectivity index (χ0) is 41.2. The maximum Gasteiger partial charge on any atom is 0.223 e. The maximum atomic E-state index is 13.7. The third-order valence-corrected chi connectivity index (χ3v) is 11.3. The largest absolute Gasteiger partial charge is 0.493 e. The standard InChI is InChI=1S/C39H47NO3.C9H12O4S/c1-29(26-34-27-37(42-3)38(43-4)28-36(34)30(2)33-22-12-7-13-23-33)39(41)40-35(24-14-20-31-16-8-5-9-17-31)25-15-21-32-18-10-6-11-19-32;1-12-8-5-4-7(14(3,10)11)6-9(8)13-2/h5-13,16-19,22-23,27-30,35H,14-15,20-21,24-26H2,1-4H3,(H,40,41);4-6H,1-3H3/t29?,30-;/m1./s1. The summed E-state index contributed by atoms with van der Waals surface area (Å²) < 4.78 is 43.7. The van der Waals surface area contributed by atoms with Gasteiger partial charge in [0.15, 0.2) is 32.8 Å². The van der Waals surface area contributed by atoms with Crippen LogP contribution in [0.15, 0.2) is 126 Å². The van der Waals surface area contributed by atoms with Gasteiger partial charge in [-0.2, -0.15) is 0 Å². The molecule has 0 saturated heterocycles. The van der Waals surface area contributed by atoms with Gasteiger partial charge >= 0.3 is 0 Å². The lowest BCUT2D eigenvalue weighted by atomic mass is 9.86. The molecule has 9 heteroatoms. The van der Waals surface area contributed by atoms with E-state index in [1.165, 1.54) is 43.0 Å². The first-order valence-electron chi connectivity index (χ1n) is 19.6. The molecule has 1 unspecified atom stereocenters. The number of ether oxygens (including phenoxy) is 4. The van der Waals surface area contributed by atoms with Crippen molar-refractivity contribution in [2.24, 2.45) is 5.92 Å². The summed E-state index contributed by atoms with van der Waals surface area (Å²) in [6, 6.07) is 40.5.